The molecule has 100 valence electrons. The van der Waals surface area contributed by atoms with Gasteiger partial charge in [0.05, 0.1) is 6.61 Å². The van der Waals surface area contributed by atoms with Crippen molar-refractivity contribution >= 4 is 5.69 Å². The summed E-state index contributed by atoms with van der Waals surface area (Å²) in [7, 11) is 2.21. The highest BCUT2D eigenvalue weighted by molar-refractivity contribution is 5.49. The fraction of sp³-hybridized carbons (Fsp3) is 0.600. The van der Waals surface area contributed by atoms with Gasteiger partial charge in [-0.1, -0.05) is 6.92 Å². The SMILES string of the molecule is CCOc1ccc(N2CCN(C)CC(C)C2)cc1. The molecule has 1 unspecified atom stereocenters. The molecule has 0 N–H and O–H groups in total. The summed E-state index contributed by atoms with van der Waals surface area (Å²) >= 11 is 0. The van der Waals surface area contributed by atoms with Crippen LogP contribution in [0.3, 0.4) is 0 Å². The summed E-state index contributed by atoms with van der Waals surface area (Å²) in [6.07, 6.45) is 0. The zero-order chi connectivity index (χ0) is 13.0. The maximum atomic E-state index is 5.48. The van der Waals surface area contributed by atoms with Crippen molar-refractivity contribution in [3.63, 3.8) is 0 Å². The highest BCUT2D eigenvalue weighted by atomic mass is 16.5. The van der Waals surface area contributed by atoms with Crippen molar-refractivity contribution in [2.24, 2.45) is 5.92 Å². The van der Waals surface area contributed by atoms with Gasteiger partial charge in [-0.3, -0.25) is 0 Å². The molecule has 1 aliphatic rings. The van der Waals surface area contributed by atoms with E-state index >= 15 is 0 Å². The van der Waals surface area contributed by atoms with E-state index in [0.717, 1.165) is 32.0 Å². The molecule has 3 heteroatoms. The molecule has 1 atom stereocenters. The van der Waals surface area contributed by atoms with E-state index in [9.17, 15) is 0 Å². The van der Waals surface area contributed by atoms with Crippen molar-refractivity contribution in [1.29, 1.82) is 0 Å². The number of hydrogen-bond acceptors (Lipinski definition) is 3. The Balaban J connectivity index is 2.05. The van der Waals surface area contributed by atoms with Crippen LogP contribution in [0.4, 0.5) is 5.69 Å². The van der Waals surface area contributed by atoms with E-state index in [2.05, 4.69) is 48.0 Å². The van der Waals surface area contributed by atoms with E-state index in [1.807, 2.05) is 6.92 Å². The number of ether oxygens (including phenoxy) is 1. The largest absolute Gasteiger partial charge is 0.494 e. The lowest BCUT2D eigenvalue weighted by atomic mass is 10.1. The van der Waals surface area contributed by atoms with Gasteiger partial charge in [0, 0.05) is 31.9 Å². The molecule has 0 saturated carbocycles. The summed E-state index contributed by atoms with van der Waals surface area (Å²) in [5.41, 5.74) is 1.31. The topological polar surface area (TPSA) is 15.7 Å². The molecular formula is C15H24N2O. The predicted octanol–water partition coefficient (Wildman–Crippen LogP) is 2.47. The summed E-state index contributed by atoms with van der Waals surface area (Å²) < 4.78 is 5.48. The Bertz CT molecular complexity index is 363. The number of likely N-dealkylation sites (N-methyl/N-ethyl adjacent to an activating group) is 1. The Labute approximate surface area is 110 Å². The van der Waals surface area contributed by atoms with Crippen LogP contribution in [0.1, 0.15) is 13.8 Å². The summed E-state index contributed by atoms with van der Waals surface area (Å²) in [6, 6.07) is 8.47. The van der Waals surface area contributed by atoms with Crippen LogP contribution in [-0.4, -0.2) is 44.7 Å². The van der Waals surface area contributed by atoms with Crippen LogP contribution < -0.4 is 9.64 Å². The number of nitrogens with zero attached hydrogens (tertiary/aromatic N) is 2. The Kier molecular flexibility index (Phi) is 4.48. The van der Waals surface area contributed by atoms with E-state index in [1.165, 1.54) is 12.2 Å². The molecule has 0 radical (unpaired) electrons. The van der Waals surface area contributed by atoms with Crippen LogP contribution >= 0.6 is 0 Å². The van der Waals surface area contributed by atoms with Gasteiger partial charge in [0.2, 0.25) is 0 Å². The standard InChI is InChI=1S/C15H24N2O/c1-4-18-15-7-5-14(6-8-15)17-10-9-16(3)11-13(2)12-17/h5-8,13H,4,9-12H2,1-3H3. The van der Waals surface area contributed by atoms with Gasteiger partial charge in [-0.25, -0.2) is 0 Å². The van der Waals surface area contributed by atoms with Crippen molar-refractivity contribution in [1.82, 2.24) is 4.90 Å². The highest BCUT2D eigenvalue weighted by Crippen LogP contribution is 2.21. The Morgan fingerprint density at radius 3 is 2.56 bits per heavy atom. The second-order valence-electron chi connectivity index (χ2n) is 5.24. The van der Waals surface area contributed by atoms with Crippen LogP contribution in [-0.2, 0) is 0 Å². The first-order valence-electron chi connectivity index (χ1n) is 6.85. The van der Waals surface area contributed by atoms with E-state index in [-0.39, 0.29) is 0 Å². The first-order chi connectivity index (χ1) is 8.69. The smallest absolute Gasteiger partial charge is 0.119 e. The molecule has 1 aromatic carbocycles. The Morgan fingerprint density at radius 1 is 1.17 bits per heavy atom. The molecular weight excluding hydrogens is 224 g/mol. The van der Waals surface area contributed by atoms with E-state index in [4.69, 9.17) is 4.74 Å². The molecule has 0 aliphatic carbocycles. The van der Waals surface area contributed by atoms with Gasteiger partial charge in [0.15, 0.2) is 0 Å². The van der Waals surface area contributed by atoms with Crippen molar-refractivity contribution in [2.45, 2.75) is 13.8 Å². The van der Waals surface area contributed by atoms with Crippen LogP contribution in [0, 0.1) is 5.92 Å². The summed E-state index contributed by atoms with van der Waals surface area (Å²) in [5.74, 6) is 1.67. The molecule has 2 rings (SSSR count). The Hall–Kier alpha value is -1.22. The second-order valence-corrected chi connectivity index (χ2v) is 5.24. The normalized spacial score (nSPS) is 21.7. The number of rotatable bonds is 3. The third kappa shape index (κ3) is 3.39. The molecule has 0 amide bonds. The summed E-state index contributed by atoms with van der Waals surface area (Å²) in [6.45, 7) is 9.63. The lowest BCUT2D eigenvalue weighted by Crippen LogP contribution is -2.29. The third-order valence-electron chi connectivity index (χ3n) is 3.42. The first-order valence-corrected chi connectivity index (χ1v) is 6.85. The molecule has 1 fully saturated rings. The Morgan fingerprint density at radius 2 is 1.89 bits per heavy atom. The van der Waals surface area contributed by atoms with Gasteiger partial charge in [-0.15, -0.1) is 0 Å². The molecule has 3 nitrogen and oxygen atoms in total. The second kappa shape index (κ2) is 6.10. The maximum absolute atomic E-state index is 5.48. The van der Waals surface area contributed by atoms with Crippen molar-refractivity contribution < 1.29 is 4.74 Å². The van der Waals surface area contributed by atoms with Gasteiger partial charge in [0.1, 0.15) is 5.75 Å². The fourth-order valence-corrected chi connectivity index (χ4v) is 2.59. The minimum absolute atomic E-state index is 0.712. The molecule has 18 heavy (non-hydrogen) atoms. The molecule has 1 aromatic rings. The zero-order valence-corrected chi connectivity index (χ0v) is 11.7. The maximum Gasteiger partial charge on any atom is 0.119 e. The van der Waals surface area contributed by atoms with Crippen LogP contribution in [0.2, 0.25) is 0 Å². The molecule has 1 saturated heterocycles. The first kappa shape index (κ1) is 13.2. The van der Waals surface area contributed by atoms with Crippen molar-refractivity contribution in [3.05, 3.63) is 24.3 Å². The van der Waals surface area contributed by atoms with Gasteiger partial charge >= 0.3 is 0 Å². The zero-order valence-electron chi connectivity index (χ0n) is 11.7. The highest BCUT2D eigenvalue weighted by Gasteiger charge is 2.17. The molecule has 1 aliphatic heterocycles. The minimum atomic E-state index is 0.712. The van der Waals surface area contributed by atoms with Gasteiger partial charge in [-0.05, 0) is 44.2 Å². The lowest BCUT2D eigenvalue weighted by Gasteiger charge is -2.24. The lowest BCUT2D eigenvalue weighted by molar-refractivity contribution is 0.321. The van der Waals surface area contributed by atoms with Crippen LogP contribution in [0.25, 0.3) is 0 Å². The van der Waals surface area contributed by atoms with Gasteiger partial charge < -0.3 is 14.5 Å². The van der Waals surface area contributed by atoms with Crippen LogP contribution in [0.5, 0.6) is 5.75 Å². The van der Waals surface area contributed by atoms with E-state index in [0.29, 0.717) is 5.92 Å². The quantitative estimate of drug-likeness (QED) is 0.817. The number of anilines is 1. The molecule has 0 aromatic heterocycles. The molecule has 1 heterocycles. The van der Waals surface area contributed by atoms with E-state index < -0.39 is 0 Å². The number of benzene rings is 1. The monoisotopic (exact) mass is 248 g/mol. The predicted molar refractivity (Wildman–Crippen MR) is 76.5 cm³/mol. The third-order valence-corrected chi connectivity index (χ3v) is 3.42. The summed E-state index contributed by atoms with van der Waals surface area (Å²) in [5, 5.41) is 0. The fourth-order valence-electron chi connectivity index (χ4n) is 2.59. The average Bonchev–Trinajstić information content (AvgIpc) is 2.52. The van der Waals surface area contributed by atoms with E-state index in [1.54, 1.807) is 0 Å². The van der Waals surface area contributed by atoms with Crippen LogP contribution in [0.15, 0.2) is 24.3 Å². The minimum Gasteiger partial charge on any atom is -0.494 e. The van der Waals surface area contributed by atoms with Gasteiger partial charge in [-0.2, -0.15) is 0 Å². The summed E-state index contributed by atoms with van der Waals surface area (Å²) in [4.78, 5) is 4.89. The van der Waals surface area contributed by atoms with Crippen molar-refractivity contribution in [3.8, 4) is 5.75 Å². The van der Waals surface area contributed by atoms with Gasteiger partial charge in [0.25, 0.3) is 0 Å². The number of hydrogen-bond donors (Lipinski definition) is 0. The van der Waals surface area contributed by atoms with Crippen molar-refractivity contribution in [2.75, 3.05) is 44.7 Å². The molecule has 0 spiro atoms. The molecule has 0 bridgehead atoms. The average molecular weight is 248 g/mol.